The molecule has 0 amide bonds. The van der Waals surface area contributed by atoms with Crippen LogP contribution in [0.3, 0.4) is 0 Å². The van der Waals surface area contributed by atoms with E-state index in [2.05, 4.69) is 52.2 Å². The number of ether oxygens (including phenoxy) is 4. The van der Waals surface area contributed by atoms with E-state index in [9.17, 15) is 0 Å². The minimum Gasteiger partial charge on any atom is -0.493 e. The minimum atomic E-state index is 0.550. The zero-order chi connectivity index (χ0) is 25.9. The van der Waals surface area contributed by atoms with E-state index in [4.69, 9.17) is 18.9 Å². The fourth-order valence-electron chi connectivity index (χ4n) is 4.84. The zero-order valence-electron chi connectivity index (χ0n) is 21.9. The third-order valence-electron chi connectivity index (χ3n) is 6.58. The van der Waals surface area contributed by atoms with Gasteiger partial charge in [-0.25, -0.2) is 0 Å². The Morgan fingerprint density at radius 3 is 2.46 bits per heavy atom. The second kappa shape index (κ2) is 10.5. The van der Waals surface area contributed by atoms with Crippen LogP contribution in [0.2, 0.25) is 0 Å². The summed E-state index contributed by atoms with van der Waals surface area (Å²) in [6, 6.07) is 8.07. The number of hydrogen-bond acceptors (Lipinski definition) is 8. The Morgan fingerprint density at radius 1 is 0.973 bits per heavy atom. The number of allylic oxidation sites excluding steroid dienone is 1. The van der Waals surface area contributed by atoms with Crippen molar-refractivity contribution in [3.05, 3.63) is 60.1 Å². The normalized spacial score (nSPS) is 14.2. The van der Waals surface area contributed by atoms with Crippen molar-refractivity contribution in [2.45, 2.75) is 6.42 Å². The summed E-state index contributed by atoms with van der Waals surface area (Å²) in [6.07, 6.45) is 10.7. The molecule has 0 saturated heterocycles. The Balaban J connectivity index is 1.70. The molecule has 37 heavy (non-hydrogen) atoms. The lowest BCUT2D eigenvalue weighted by Crippen LogP contribution is -2.20. The Labute approximate surface area is 217 Å². The molecule has 2 aliphatic heterocycles. The van der Waals surface area contributed by atoms with Crippen LogP contribution in [-0.4, -0.2) is 71.2 Å². The first-order valence-corrected chi connectivity index (χ1v) is 12.2. The summed E-state index contributed by atoms with van der Waals surface area (Å²) >= 11 is 0. The largest absolute Gasteiger partial charge is 0.493 e. The number of nitrogens with zero attached hydrogens (tertiary/aromatic N) is 4. The number of methoxy groups -OCH3 is 3. The third-order valence-corrected chi connectivity index (χ3v) is 6.58. The second-order valence-electron chi connectivity index (χ2n) is 9.18. The first kappa shape index (κ1) is 24.6. The fourth-order valence-corrected chi connectivity index (χ4v) is 4.84. The Hall–Kier alpha value is -4.04. The van der Waals surface area contributed by atoms with Crippen molar-refractivity contribution in [2.24, 2.45) is 4.99 Å². The molecule has 0 atom stereocenters. The van der Waals surface area contributed by atoms with E-state index in [0.717, 1.165) is 57.6 Å². The number of anilines is 2. The number of hydrogen-bond donors (Lipinski definition) is 0. The zero-order valence-corrected chi connectivity index (χ0v) is 21.9. The Bertz CT molecular complexity index is 1390. The van der Waals surface area contributed by atoms with Gasteiger partial charge in [0, 0.05) is 59.8 Å². The molecular formula is C29H32N4O4. The van der Waals surface area contributed by atoms with Crippen LogP contribution in [0.4, 0.5) is 11.4 Å². The molecular weight excluding hydrogens is 468 g/mol. The van der Waals surface area contributed by atoms with E-state index in [1.807, 2.05) is 36.8 Å². The fraction of sp³-hybridized carbons (Fsp3) is 0.310. The van der Waals surface area contributed by atoms with Gasteiger partial charge in [0.1, 0.15) is 5.75 Å². The molecule has 0 N–H and O–H groups in total. The molecule has 2 aromatic carbocycles. The molecule has 2 aliphatic rings. The first-order chi connectivity index (χ1) is 18.0. The van der Waals surface area contributed by atoms with Crippen LogP contribution in [0.5, 0.6) is 23.0 Å². The quantitative estimate of drug-likeness (QED) is 0.379. The van der Waals surface area contributed by atoms with Crippen molar-refractivity contribution in [3.8, 4) is 23.0 Å². The maximum Gasteiger partial charge on any atom is 0.203 e. The SMILES string of the molecule is COc1cc(N2C=C3CN=CC=C3c3cc(OCCCN(C)C)c4ccncc4c32)cc(OC)c1OC. The maximum atomic E-state index is 6.35. The van der Waals surface area contributed by atoms with Crippen molar-refractivity contribution in [1.29, 1.82) is 0 Å². The van der Waals surface area contributed by atoms with Crippen LogP contribution >= 0.6 is 0 Å². The predicted octanol–water partition coefficient (Wildman–Crippen LogP) is 5.09. The van der Waals surface area contributed by atoms with Gasteiger partial charge in [0.2, 0.25) is 5.75 Å². The van der Waals surface area contributed by atoms with Gasteiger partial charge in [-0.2, -0.15) is 0 Å². The van der Waals surface area contributed by atoms with Crippen molar-refractivity contribution in [2.75, 3.05) is 60.0 Å². The highest BCUT2D eigenvalue weighted by atomic mass is 16.5. The van der Waals surface area contributed by atoms with E-state index in [1.165, 1.54) is 0 Å². The molecule has 192 valence electrons. The molecule has 0 saturated carbocycles. The third kappa shape index (κ3) is 4.60. The molecule has 1 aromatic heterocycles. The van der Waals surface area contributed by atoms with Crippen LogP contribution in [0.15, 0.2) is 59.5 Å². The Kier molecular flexibility index (Phi) is 7.01. The minimum absolute atomic E-state index is 0.550. The van der Waals surface area contributed by atoms with Gasteiger partial charge in [-0.05, 0) is 49.9 Å². The van der Waals surface area contributed by atoms with Gasteiger partial charge in [0.25, 0.3) is 0 Å². The summed E-state index contributed by atoms with van der Waals surface area (Å²) in [6.45, 7) is 2.19. The molecule has 0 spiro atoms. The van der Waals surface area contributed by atoms with E-state index >= 15 is 0 Å². The molecule has 8 heteroatoms. The van der Waals surface area contributed by atoms with Crippen molar-refractivity contribution in [3.63, 3.8) is 0 Å². The number of aromatic nitrogens is 1. The second-order valence-corrected chi connectivity index (χ2v) is 9.18. The summed E-state index contributed by atoms with van der Waals surface area (Å²) in [5.74, 6) is 2.57. The summed E-state index contributed by atoms with van der Waals surface area (Å²) in [4.78, 5) is 13.3. The van der Waals surface area contributed by atoms with Crippen molar-refractivity contribution >= 4 is 33.9 Å². The van der Waals surface area contributed by atoms with E-state index < -0.39 is 0 Å². The van der Waals surface area contributed by atoms with E-state index in [0.29, 0.717) is 30.4 Å². The predicted molar refractivity (Wildman–Crippen MR) is 148 cm³/mol. The maximum absolute atomic E-state index is 6.35. The standard InChI is InChI=1S/C29H32N4O4/c1-32(2)11-6-12-37-25-15-23-21-7-9-30-16-19(21)18-33(28(23)24-17-31-10-8-22(24)25)20-13-26(34-3)29(36-5)27(14-20)35-4/h7-10,13-15,17-18H,6,11-12,16H2,1-5H3. The lowest BCUT2D eigenvalue weighted by Gasteiger charge is -2.33. The van der Waals surface area contributed by atoms with Gasteiger partial charge < -0.3 is 28.7 Å². The highest BCUT2D eigenvalue weighted by molar-refractivity contribution is 6.10. The van der Waals surface area contributed by atoms with Gasteiger partial charge in [-0.15, -0.1) is 0 Å². The summed E-state index contributed by atoms with van der Waals surface area (Å²) in [5.41, 5.74) is 5.22. The molecule has 0 bridgehead atoms. The first-order valence-electron chi connectivity index (χ1n) is 12.2. The van der Waals surface area contributed by atoms with Crippen LogP contribution < -0.4 is 23.8 Å². The number of fused-ring (bicyclic) bond motifs is 5. The molecule has 3 aromatic rings. The topological polar surface area (TPSA) is 68.7 Å². The van der Waals surface area contributed by atoms with Gasteiger partial charge in [-0.3, -0.25) is 9.98 Å². The number of aliphatic imine (C=N–C) groups is 1. The van der Waals surface area contributed by atoms with Crippen LogP contribution in [-0.2, 0) is 0 Å². The highest BCUT2D eigenvalue weighted by Crippen LogP contribution is 2.50. The molecule has 0 aliphatic carbocycles. The van der Waals surface area contributed by atoms with Gasteiger partial charge in [-0.1, -0.05) is 0 Å². The Morgan fingerprint density at radius 2 is 1.76 bits per heavy atom. The van der Waals surface area contributed by atoms with Crippen molar-refractivity contribution in [1.82, 2.24) is 9.88 Å². The smallest absolute Gasteiger partial charge is 0.203 e. The van der Waals surface area contributed by atoms with Crippen molar-refractivity contribution < 1.29 is 18.9 Å². The summed E-state index contributed by atoms with van der Waals surface area (Å²) < 4.78 is 23.2. The highest BCUT2D eigenvalue weighted by Gasteiger charge is 2.29. The van der Waals surface area contributed by atoms with Crippen LogP contribution in [0.1, 0.15) is 12.0 Å². The van der Waals surface area contributed by atoms with Gasteiger partial charge in [0.05, 0.1) is 45.9 Å². The van der Waals surface area contributed by atoms with Gasteiger partial charge >= 0.3 is 0 Å². The molecule has 0 fully saturated rings. The lowest BCUT2D eigenvalue weighted by molar-refractivity contribution is 0.284. The molecule has 3 heterocycles. The average Bonchev–Trinajstić information content (AvgIpc) is 2.93. The van der Waals surface area contributed by atoms with Crippen LogP contribution in [0, 0.1) is 0 Å². The number of dihydropyridines is 1. The summed E-state index contributed by atoms with van der Waals surface area (Å²) in [5, 5.41) is 2.01. The van der Waals surface area contributed by atoms with Crippen LogP contribution in [0.25, 0.3) is 16.3 Å². The number of benzene rings is 2. The average molecular weight is 501 g/mol. The number of rotatable bonds is 9. The lowest BCUT2D eigenvalue weighted by atomic mass is 9.89. The molecule has 0 unspecified atom stereocenters. The molecule has 8 nitrogen and oxygen atoms in total. The summed E-state index contributed by atoms with van der Waals surface area (Å²) in [7, 11) is 9.00. The van der Waals surface area contributed by atoms with Gasteiger partial charge in [0.15, 0.2) is 11.5 Å². The molecule has 5 rings (SSSR count). The van der Waals surface area contributed by atoms with E-state index in [1.54, 1.807) is 21.3 Å². The van der Waals surface area contributed by atoms with E-state index in [-0.39, 0.29) is 0 Å². The number of pyridine rings is 1. The molecule has 0 radical (unpaired) electrons. The monoisotopic (exact) mass is 500 g/mol.